The van der Waals surface area contributed by atoms with Crippen molar-refractivity contribution in [1.82, 2.24) is 4.90 Å². The Morgan fingerprint density at radius 3 is 2.53 bits per heavy atom. The summed E-state index contributed by atoms with van der Waals surface area (Å²) in [5.74, 6) is 0.802. The number of benzene rings is 1. The molecular weight excluding hydrogens is 388 g/mol. The van der Waals surface area contributed by atoms with Crippen molar-refractivity contribution in [3.8, 4) is 11.3 Å². The van der Waals surface area contributed by atoms with Gasteiger partial charge in [-0.15, -0.1) is 0 Å². The van der Waals surface area contributed by atoms with Crippen LogP contribution in [0.3, 0.4) is 0 Å². The molecule has 0 N–H and O–H groups in total. The van der Waals surface area contributed by atoms with Crippen molar-refractivity contribution >= 4 is 17.6 Å². The quantitative estimate of drug-likeness (QED) is 0.417. The molecule has 0 unspecified atom stereocenters. The number of piperidine rings is 1. The minimum atomic E-state index is -0.705. The van der Waals surface area contributed by atoms with Crippen LogP contribution in [0.25, 0.3) is 11.3 Å². The van der Waals surface area contributed by atoms with Gasteiger partial charge in [0.05, 0.1) is 4.92 Å². The summed E-state index contributed by atoms with van der Waals surface area (Å²) in [6.07, 6.45) is 5.98. The second-order valence-corrected chi connectivity index (χ2v) is 7.98. The molecule has 0 bridgehead atoms. The third-order valence-electron chi connectivity index (χ3n) is 6.14. The number of fused-ring (bicyclic) bond motifs is 1. The van der Waals surface area contributed by atoms with Gasteiger partial charge in [-0.1, -0.05) is 19.3 Å². The molecule has 2 aliphatic rings. The Hall–Kier alpha value is -3.16. The third-order valence-corrected chi connectivity index (χ3v) is 6.14. The molecule has 2 aromatic rings. The lowest BCUT2D eigenvalue weighted by Gasteiger charge is -2.41. The fourth-order valence-electron chi connectivity index (χ4n) is 4.47. The number of ether oxygens (including phenoxy) is 1. The molecule has 30 heavy (non-hydrogen) atoms. The van der Waals surface area contributed by atoms with Crippen molar-refractivity contribution < 1.29 is 23.7 Å². The zero-order valence-electron chi connectivity index (χ0n) is 16.6. The molecule has 2 atom stereocenters. The van der Waals surface area contributed by atoms with Crippen LogP contribution in [0.2, 0.25) is 0 Å². The molecule has 1 saturated heterocycles. The first kappa shape index (κ1) is 20.1. The number of amides is 1. The standard InChI is InChI=1S/C22H24N2O6/c25-21(23-12-11-15-3-1-2-4-17(15)13-23)14-29-22(26)20-10-9-19(30-20)16-5-7-18(8-6-16)24(27)28/h5-10,15,17H,1-4,11-14H2/t15-,17-/m0/s1. The first-order valence-corrected chi connectivity index (χ1v) is 10.3. The first-order valence-electron chi connectivity index (χ1n) is 10.3. The molecule has 0 radical (unpaired) electrons. The Morgan fingerprint density at radius 2 is 1.80 bits per heavy atom. The number of furan rings is 1. The number of likely N-dealkylation sites (tertiary alicyclic amines) is 1. The molecule has 8 heteroatoms. The number of carbonyl (C=O) groups excluding carboxylic acids is 2. The van der Waals surface area contributed by atoms with Gasteiger partial charge in [-0.2, -0.15) is 0 Å². The summed E-state index contributed by atoms with van der Waals surface area (Å²) in [6.45, 7) is 1.18. The van der Waals surface area contributed by atoms with E-state index in [9.17, 15) is 19.7 Å². The van der Waals surface area contributed by atoms with Gasteiger partial charge < -0.3 is 14.1 Å². The highest BCUT2D eigenvalue weighted by molar-refractivity contribution is 5.89. The molecule has 4 rings (SSSR count). The zero-order chi connectivity index (χ0) is 21.1. The van der Waals surface area contributed by atoms with E-state index >= 15 is 0 Å². The lowest BCUT2D eigenvalue weighted by molar-refractivity contribution is -0.384. The second kappa shape index (κ2) is 8.69. The largest absolute Gasteiger partial charge is 0.450 e. The molecular formula is C22H24N2O6. The van der Waals surface area contributed by atoms with Crippen molar-refractivity contribution in [2.24, 2.45) is 11.8 Å². The van der Waals surface area contributed by atoms with Gasteiger partial charge >= 0.3 is 5.97 Å². The molecule has 1 saturated carbocycles. The van der Waals surface area contributed by atoms with Crippen LogP contribution < -0.4 is 0 Å². The van der Waals surface area contributed by atoms with E-state index in [0.717, 1.165) is 25.4 Å². The number of esters is 1. The monoisotopic (exact) mass is 412 g/mol. The van der Waals surface area contributed by atoms with E-state index in [1.54, 1.807) is 18.2 Å². The Kier molecular flexibility index (Phi) is 5.83. The molecule has 0 spiro atoms. The number of hydrogen-bond acceptors (Lipinski definition) is 6. The van der Waals surface area contributed by atoms with Gasteiger partial charge in [-0.25, -0.2) is 4.79 Å². The molecule has 2 heterocycles. The van der Waals surface area contributed by atoms with Crippen LogP contribution in [-0.4, -0.2) is 41.4 Å². The number of non-ortho nitro benzene ring substituents is 1. The summed E-state index contributed by atoms with van der Waals surface area (Å²) in [4.78, 5) is 36.8. The van der Waals surface area contributed by atoms with Gasteiger partial charge in [-0.05, 0) is 48.9 Å². The van der Waals surface area contributed by atoms with E-state index in [1.165, 1.54) is 43.9 Å². The molecule has 1 aromatic carbocycles. The van der Waals surface area contributed by atoms with Gasteiger partial charge in [0.25, 0.3) is 11.6 Å². The van der Waals surface area contributed by atoms with Crippen LogP contribution in [0.4, 0.5) is 5.69 Å². The molecule has 1 aliphatic heterocycles. The Bertz CT molecular complexity index is 935. The van der Waals surface area contributed by atoms with Crippen LogP contribution in [0, 0.1) is 22.0 Å². The number of nitrogens with zero attached hydrogens (tertiary/aromatic N) is 2. The van der Waals surface area contributed by atoms with Crippen molar-refractivity contribution in [3.05, 3.63) is 52.3 Å². The number of carbonyl (C=O) groups is 2. The summed E-state index contributed by atoms with van der Waals surface area (Å²) in [5.41, 5.74) is 0.576. The van der Waals surface area contributed by atoms with Gasteiger partial charge in [-0.3, -0.25) is 14.9 Å². The van der Waals surface area contributed by atoms with Gasteiger partial charge in [0, 0.05) is 30.8 Å². The van der Waals surface area contributed by atoms with E-state index in [1.807, 2.05) is 4.90 Å². The molecule has 1 amide bonds. The fraction of sp³-hybridized carbons (Fsp3) is 0.455. The molecule has 1 aliphatic carbocycles. The Morgan fingerprint density at radius 1 is 1.07 bits per heavy atom. The molecule has 8 nitrogen and oxygen atoms in total. The highest BCUT2D eigenvalue weighted by Crippen LogP contribution is 2.36. The van der Waals surface area contributed by atoms with E-state index in [0.29, 0.717) is 17.2 Å². The Labute approximate surface area is 173 Å². The summed E-state index contributed by atoms with van der Waals surface area (Å²) in [6, 6.07) is 8.88. The lowest BCUT2D eigenvalue weighted by atomic mass is 9.75. The van der Waals surface area contributed by atoms with E-state index < -0.39 is 10.9 Å². The number of nitro benzene ring substituents is 1. The van der Waals surface area contributed by atoms with Crippen LogP contribution in [0.1, 0.15) is 42.7 Å². The molecule has 1 aromatic heterocycles. The number of rotatable bonds is 5. The lowest BCUT2D eigenvalue weighted by Crippen LogP contribution is -2.46. The summed E-state index contributed by atoms with van der Waals surface area (Å²) >= 11 is 0. The average molecular weight is 412 g/mol. The predicted octanol–water partition coefficient (Wildman–Crippen LogP) is 4.05. The maximum atomic E-state index is 12.5. The van der Waals surface area contributed by atoms with Crippen LogP contribution in [-0.2, 0) is 9.53 Å². The van der Waals surface area contributed by atoms with Gasteiger partial charge in [0.15, 0.2) is 6.61 Å². The molecule has 158 valence electrons. The second-order valence-electron chi connectivity index (χ2n) is 7.98. The predicted molar refractivity (Wildman–Crippen MR) is 108 cm³/mol. The van der Waals surface area contributed by atoms with Crippen molar-refractivity contribution in [1.29, 1.82) is 0 Å². The number of hydrogen-bond donors (Lipinski definition) is 0. The van der Waals surface area contributed by atoms with E-state index in [4.69, 9.17) is 9.15 Å². The zero-order valence-corrected chi connectivity index (χ0v) is 16.6. The van der Waals surface area contributed by atoms with Crippen LogP contribution in [0.15, 0.2) is 40.8 Å². The van der Waals surface area contributed by atoms with E-state index in [2.05, 4.69) is 0 Å². The Balaban J connectivity index is 1.31. The maximum absolute atomic E-state index is 12.5. The van der Waals surface area contributed by atoms with Gasteiger partial charge in [0.2, 0.25) is 5.76 Å². The highest BCUT2D eigenvalue weighted by Gasteiger charge is 2.33. The van der Waals surface area contributed by atoms with Gasteiger partial charge in [0.1, 0.15) is 5.76 Å². The average Bonchev–Trinajstić information content (AvgIpc) is 3.27. The first-order chi connectivity index (χ1) is 14.5. The number of nitro groups is 1. The highest BCUT2D eigenvalue weighted by atomic mass is 16.6. The minimum Gasteiger partial charge on any atom is -0.450 e. The normalized spacial score (nSPS) is 21.0. The fourth-order valence-corrected chi connectivity index (χ4v) is 4.47. The van der Waals surface area contributed by atoms with Crippen molar-refractivity contribution in [2.75, 3.05) is 19.7 Å². The van der Waals surface area contributed by atoms with Crippen molar-refractivity contribution in [3.63, 3.8) is 0 Å². The molecule has 2 fully saturated rings. The SMILES string of the molecule is O=C(OCC(=O)N1CC[C@@H]2CCCC[C@H]2C1)c1ccc(-c2ccc([N+](=O)[O-])cc2)o1. The van der Waals surface area contributed by atoms with Crippen LogP contribution >= 0.6 is 0 Å². The third kappa shape index (κ3) is 4.37. The summed E-state index contributed by atoms with van der Waals surface area (Å²) in [5, 5.41) is 10.7. The topological polar surface area (TPSA) is 103 Å². The maximum Gasteiger partial charge on any atom is 0.374 e. The van der Waals surface area contributed by atoms with E-state index in [-0.39, 0.29) is 24.0 Å². The van der Waals surface area contributed by atoms with Crippen LogP contribution in [0.5, 0.6) is 0 Å². The smallest absolute Gasteiger partial charge is 0.374 e. The summed E-state index contributed by atoms with van der Waals surface area (Å²) in [7, 11) is 0. The minimum absolute atomic E-state index is 0.0119. The van der Waals surface area contributed by atoms with Crippen molar-refractivity contribution in [2.45, 2.75) is 32.1 Å². The summed E-state index contributed by atoms with van der Waals surface area (Å²) < 4.78 is 10.7.